The quantitative estimate of drug-likeness (QED) is 0.826. The molecule has 2 aliphatic heterocycles. The molecule has 2 fully saturated rings. The van der Waals surface area contributed by atoms with Gasteiger partial charge in [-0.1, -0.05) is 6.92 Å². The molecular formula is C15H27N5O. The average Bonchev–Trinajstić information content (AvgIpc) is 2.93. The van der Waals surface area contributed by atoms with Gasteiger partial charge in [-0.25, -0.2) is 0 Å². The summed E-state index contributed by atoms with van der Waals surface area (Å²) in [4.78, 5) is 5.10. The number of nitrogens with zero attached hydrogens (tertiary/aromatic N) is 5. The Labute approximate surface area is 127 Å². The van der Waals surface area contributed by atoms with Crippen LogP contribution in [-0.4, -0.2) is 70.4 Å². The first-order valence-corrected chi connectivity index (χ1v) is 8.12. The second kappa shape index (κ2) is 6.85. The van der Waals surface area contributed by atoms with Crippen molar-refractivity contribution in [1.29, 1.82) is 0 Å². The van der Waals surface area contributed by atoms with Crippen molar-refractivity contribution in [2.24, 2.45) is 13.0 Å². The zero-order chi connectivity index (χ0) is 14.7. The molecule has 2 saturated heterocycles. The van der Waals surface area contributed by atoms with Gasteiger partial charge in [-0.3, -0.25) is 4.90 Å². The summed E-state index contributed by atoms with van der Waals surface area (Å²) >= 11 is 0. The zero-order valence-corrected chi connectivity index (χ0v) is 13.2. The monoisotopic (exact) mass is 293 g/mol. The lowest BCUT2D eigenvalue weighted by atomic mass is 9.99. The van der Waals surface area contributed by atoms with E-state index in [1.165, 1.54) is 32.5 Å². The normalized spacial score (nSPS) is 26.3. The summed E-state index contributed by atoms with van der Waals surface area (Å²) in [5.41, 5.74) is 0. The number of ether oxygens (including phenoxy) is 1. The molecule has 0 aliphatic carbocycles. The van der Waals surface area contributed by atoms with E-state index in [2.05, 4.69) is 26.9 Å². The van der Waals surface area contributed by atoms with Crippen molar-refractivity contribution in [1.82, 2.24) is 24.6 Å². The molecule has 1 aromatic heterocycles. The highest BCUT2D eigenvalue weighted by Gasteiger charge is 2.25. The molecule has 0 unspecified atom stereocenters. The van der Waals surface area contributed by atoms with Crippen LogP contribution < -0.4 is 0 Å². The maximum atomic E-state index is 5.86. The van der Waals surface area contributed by atoms with E-state index in [1.807, 2.05) is 11.6 Å². The molecule has 3 rings (SSSR count). The number of aromatic nitrogens is 3. The van der Waals surface area contributed by atoms with Crippen LogP contribution in [0.5, 0.6) is 0 Å². The van der Waals surface area contributed by atoms with Crippen molar-refractivity contribution in [3.05, 3.63) is 12.2 Å². The Morgan fingerprint density at radius 3 is 2.67 bits per heavy atom. The fourth-order valence-corrected chi connectivity index (χ4v) is 3.21. The second-order valence-electron chi connectivity index (χ2n) is 6.48. The standard InChI is InChI=1S/C15H27N5O/c1-13-3-5-19(6-4-13)7-8-20-9-10-21-14(11-20)15-17-16-12-18(15)2/h12-14H,3-11H2,1-2H3/t14-/m1/s1. The summed E-state index contributed by atoms with van der Waals surface area (Å²) in [6.07, 6.45) is 4.51. The fourth-order valence-electron chi connectivity index (χ4n) is 3.21. The number of rotatable bonds is 4. The Morgan fingerprint density at radius 1 is 1.19 bits per heavy atom. The number of aryl methyl sites for hydroxylation is 1. The minimum Gasteiger partial charge on any atom is -0.368 e. The summed E-state index contributed by atoms with van der Waals surface area (Å²) < 4.78 is 7.82. The molecule has 0 aromatic carbocycles. The first-order chi connectivity index (χ1) is 10.2. The number of hydrogen-bond acceptors (Lipinski definition) is 5. The van der Waals surface area contributed by atoms with Crippen molar-refractivity contribution < 1.29 is 4.74 Å². The topological polar surface area (TPSA) is 46.4 Å². The minimum atomic E-state index is 0.0626. The van der Waals surface area contributed by atoms with Gasteiger partial charge in [0.25, 0.3) is 0 Å². The first-order valence-electron chi connectivity index (χ1n) is 8.12. The average molecular weight is 293 g/mol. The van der Waals surface area contributed by atoms with E-state index < -0.39 is 0 Å². The molecule has 0 bridgehead atoms. The molecule has 6 heteroatoms. The van der Waals surface area contributed by atoms with Crippen LogP contribution in [0.1, 0.15) is 31.7 Å². The van der Waals surface area contributed by atoms with Gasteiger partial charge in [0.1, 0.15) is 12.4 Å². The third-order valence-corrected chi connectivity index (χ3v) is 4.79. The SMILES string of the molecule is CC1CCN(CCN2CCO[C@@H](c3nncn3C)C2)CC1. The smallest absolute Gasteiger partial charge is 0.163 e. The number of piperidine rings is 1. The second-order valence-corrected chi connectivity index (χ2v) is 6.48. The Kier molecular flexibility index (Phi) is 4.87. The van der Waals surface area contributed by atoms with Crippen LogP contribution in [-0.2, 0) is 11.8 Å². The summed E-state index contributed by atoms with van der Waals surface area (Å²) in [5, 5.41) is 8.14. The van der Waals surface area contributed by atoms with Gasteiger partial charge < -0.3 is 14.2 Å². The third kappa shape index (κ3) is 3.81. The predicted octanol–water partition coefficient (Wildman–Crippen LogP) is 0.920. The third-order valence-electron chi connectivity index (χ3n) is 4.79. The highest BCUT2D eigenvalue weighted by atomic mass is 16.5. The fraction of sp³-hybridized carbons (Fsp3) is 0.867. The van der Waals surface area contributed by atoms with Crippen molar-refractivity contribution >= 4 is 0 Å². The molecule has 0 amide bonds. The summed E-state index contributed by atoms with van der Waals surface area (Å²) in [6.45, 7) is 9.94. The van der Waals surface area contributed by atoms with E-state index in [0.29, 0.717) is 0 Å². The van der Waals surface area contributed by atoms with E-state index in [1.54, 1.807) is 6.33 Å². The van der Waals surface area contributed by atoms with Gasteiger partial charge in [0, 0.05) is 33.2 Å². The summed E-state index contributed by atoms with van der Waals surface area (Å²) in [7, 11) is 1.98. The highest BCUT2D eigenvalue weighted by Crippen LogP contribution is 2.20. The van der Waals surface area contributed by atoms with E-state index in [4.69, 9.17) is 4.74 Å². The van der Waals surface area contributed by atoms with Crippen LogP contribution in [0.25, 0.3) is 0 Å². The van der Waals surface area contributed by atoms with Gasteiger partial charge >= 0.3 is 0 Å². The highest BCUT2D eigenvalue weighted by molar-refractivity contribution is 4.94. The zero-order valence-electron chi connectivity index (χ0n) is 13.2. The predicted molar refractivity (Wildman–Crippen MR) is 81.0 cm³/mol. The van der Waals surface area contributed by atoms with E-state index in [-0.39, 0.29) is 6.10 Å². The summed E-state index contributed by atoms with van der Waals surface area (Å²) in [5.74, 6) is 1.84. The molecule has 2 aliphatic rings. The molecule has 0 radical (unpaired) electrons. The van der Waals surface area contributed by atoms with Crippen molar-refractivity contribution in [3.8, 4) is 0 Å². The van der Waals surface area contributed by atoms with Crippen LogP contribution in [0.2, 0.25) is 0 Å². The minimum absolute atomic E-state index is 0.0626. The number of morpholine rings is 1. The lowest BCUT2D eigenvalue weighted by Gasteiger charge is -2.35. The van der Waals surface area contributed by atoms with Gasteiger partial charge in [-0.05, 0) is 31.8 Å². The molecule has 3 heterocycles. The van der Waals surface area contributed by atoms with Crippen molar-refractivity contribution in [3.63, 3.8) is 0 Å². The lowest BCUT2D eigenvalue weighted by molar-refractivity contribution is -0.0382. The van der Waals surface area contributed by atoms with Gasteiger partial charge in [0.2, 0.25) is 0 Å². The Hall–Kier alpha value is -0.980. The molecule has 0 saturated carbocycles. The largest absolute Gasteiger partial charge is 0.368 e. The summed E-state index contributed by atoms with van der Waals surface area (Å²) in [6, 6.07) is 0. The maximum Gasteiger partial charge on any atom is 0.163 e. The van der Waals surface area contributed by atoms with Crippen LogP contribution >= 0.6 is 0 Å². The van der Waals surface area contributed by atoms with Gasteiger partial charge in [-0.15, -0.1) is 10.2 Å². The van der Waals surface area contributed by atoms with Crippen LogP contribution in [0.15, 0.2) is 6.33 Å². The molecule has 0 N–H and O–H groups in total. The maximum absolute atomic E-state index is 5.86. The van der Waals surface area contributed by atoms with E-state index in [9.17, 15) is 0 Å². The Balaban J connectivity index is 1.47. The Morgan fingerprint density at radius 2 is 1.95 bits per heavy atom. The van der Waals surface area contributed by atoms with Crippen LogP contribution in [0.4, 0.5) is 0 Å². The number of hydrogen-bond donors (Lipinski definition) is 0. The molecule has 21 heavy (non-hydrogen) atoms. The first kappa shape index (κ1) is 14.9. The van der Waals surface area contributed by atoms with Gasteiger partial charge in [0.15, 0.2) is 5.82 Å². The van der Waals surface area contributed by atoms with Crippen molar-refractivity contribution in [2.75, 3.05) is 45.9 Å². The molecule has 118 valence electrons. The lowest BCUT2D eigenvalue weighted by Crippen LogP contribution is -2.44. The van der Waals surface area contributed by atoms with Gasteiger partial charge in [-0.2, -0.15) is 0 Å². The number of likely N-dealkylation sites (tertiary alicyclic amines) is 1. The van der Waals surface area contributed by atoms with Crippen molar-refractivity contribution in [2.45, 2.75) is 25.9 Å². The molecule has 1 aromatic rings. The molecule has 6 nitrogen and oxygen atoms in total. The Bertz CT molecular complexity index is 441. The van der Waals surface area contributed by atoms with Crippen LogP contribution in [0.3, 0.4) is 0 Å². The van der Waals surface area contributed by atoms with E-state index >= 15 is 0 Å². The molecule has 1 atom stereocenters. The molecular weight excluding hydrogens is 266 g/mol. The molecule has 0 spiro atoms. The van der Waals surface area contributed by atoms with Gasteiger partial charge in [0.05, 0.1) is 6.61 Å². The van der Waals surface area contributed by atoms with E-state index in [0.717, 1.165) is 38.0 Å². The van der Waals surface area contributed by atoms with Crippen LogP contribution in [0, 0.1) is 5.92 Å².